The molecule has 0 aliphatic carbocycles. The molecule has 122 valence electrons. The summed E-state index contributed by atoms with van der Waals surface area (Å²) in [6.07, 6.45) is 1.52. The van der Waals surface area contributed by atoms with Gasteiger partial charge in [0.05, 0.1) is 13.3 Å². The highest BCUT2D eigenvalue weighted by atomic mass is 16.5. The Hall–Kier alpha value is -3.29. The lowest BCUT2D eigenvalue weighted by Gasteiger charge is -1.99. The lowest BCUT2D eigenvalue weighted by Crippen LogP contribution is -2.19. The largest absolute Gasteiger partial charge is 0.497 e. The SMILES string of the molecule is COc1cccc(C=NNC(=O)c2nc3nc(C)cc(C)n3n2)c1. The molecular weight excluding hydrogens is 308 g/mol. The zero-order valence-electron chi connectivity index (χ0n) is 13.5. The summed E-state index contributed by atoms with van der Waals surface area (Å²) in [7, 11) is 1.59. The minimum absolute atomic E-state index is 0.0130. The number of carbonyl (C=O) groups excluding carboxylic acids is 1. The number of methoxy groups -OCH3 is 1. The van der Waals surface area contributed by atoms with Gasteiger partial charge in [-0.3, -0.25) is 4.79 Å². The fourth-order valence-corrected chi connectivity index (χ4v) is 2.20. The molecule has 3 aromatic rings. The first-order valence-corrected chi connectivity index (χ1v) is 7.25. The third-order valence-electron chi connectivity index (χ3n) is 3.29. The van der Waals surface area contributed by atoms with Gasteiger partial charge in [-0.1, -0.05) is 12.1 Å². The number of benzene rings is 1. The topological polar surface area (TPSA) is 93.8 Å². The van der Waals surface area contributed by atoms with E-state index in [1.165, 1.54) is 10.7 Å². The first kappa shape index (κ1) is 15.6. The van der Waals surface area contributed by atoms with Crippen LogP contribution in [-0.2, 0) is 0 Å². The fourth-order valence-electron chi connectivity index (χ4n) is 2.20. The van der Waals surface area contributed by atoms with Gasteiger partial charge in [-0.2, -0.15) is 10.1 Å². The highest BCUT2D eigenvalue weighted by Crippen LogP contribution is 2.10. The molecule has 3 rings (SSSR count). The summed E-state index contributed by atoms with van der Waals surface area (Å²) in [6, 6.07) is 9.17. The normalized spacial score (nSPS) is 11.1. The van der Waals surface area contributed by atoms with E-state index < -0.39 is 5.91 Å². The number of nitrogens with one attached hydrogen (secondary N) is 1. The van der Waals surface area contributed by atoms with Crippen LogP contribution in [0, 0.1) is 13.8 Å². The molecule has 1 amide bonds. The molecule has 2 heterocycles. The van der Waals surface area contributed by atoms with Gasteiger partial charge in [-0.25, -0.2) is 14.9 Å². The number of fused-ring (bicyclic) bond motifs is 1. The fraction of sp³-hybridized carbons (Fsp3) is 0.188. The van der Waals surface area contributed by atoms with Gasteiger partial charge in [0, 0.05) is 11.4 Å². The van der Waals surface area contributed by atoms with Gasteiger partial charge < -0.3 is 4.74 Å². The maximum Gasteiger partial charge on any atom is 0.311 e. The summed E-state index contributed by atoms with van der Waals surface area (Å²) in [5.41, 5.74) is 4.87. The van der Waals surface area contributed by atoms with Crippen LogP contribution in [0.3, 0.4) is 0 Å². The van der Waals surface area contributed by atoms with Crippen molar-refractivity contribution in [2.75, 3.05) is 7.11 Å². The summed E-state index contributed by atoms with van der Waals surface area (Å²) >= 11 is 0. The number of aryl methyl sites for hydroxylation is 2. The molecular formula is C16H16N6O2. The number of hydrazone groups is 1. The molecule has 0 aliphatic heterocycles. The molecule has 0 saturated carbocycles. The Morgan fingerprint density at radius 3 is 2.92 bits per heavy atom. The van der Waals surface area contributed by atoms with Crippen molar-refractivity contribution >= 4 is 17.9 Å². The molecule has 0 spiro atoms. The smallest absolute Gasteiger partial charge is 0.311 e. The molecule has 0 fully saturated rings. The second-order valence-electron chi connectivity index (χ2n) is 5.16. The number of aromatic nitrogens is 4. The number of hydrogen-bond donors (Lipinski definition) is 1. The lowest BCUT2D eigenvalue weighted by atomic mass is 10.2. The zero-order valence-corrected chi connectivity index (χ0v) is 13.5. The van der Waals surface area contributed by atoms with Crippen LogP contribution in [0.5, 0.6) is 5.75 Å². The Bertz CT molecular complexity index is 931. The van der Waals surface area contributed by atoms with Crippen molar-refractivity contribution in [3.05, 3.63) is 53.1 Å². The quantitative estimate of drug-likeness (QED) is 0.580. The molecule has 2 aromatic heterocycles. The second kappa shape index (κ2) is 6.45. The van der Waals surface area contributed by atoms with E-state index in [4.69, 9.17) is 4.74 Å². The van der Waals surface area contributed by atoms with Gasteiger partial charge in [-0.15, -0.1) is 5.10 Å². The average Bonchev–Trinajstić information content (AvgIpc) is 2.99. The third-order valence-corrected chi connectivity index (χ3v) is 3.29. The molecule has 0 unspecified atom stereocenters. The summed E-state index contributed by atoms with van der Waals surface area (Å²) in [4.78, 5) is 20.5. The predicted octanol–water partition coefficient (Wildman–Crippen LogP) is 1.51. The van der Waals surface area contributed by atoms with Crippen molar-refractivity contribution in [2.45, 2.75) is 13.8 Å². The lowest BCUT2D eigenvalue weighted by molar-refractivity contribution is 0.0945. The Balaban J connectivity index is 1.75. The average molecular weight is 324 g/mol. The van der Waals surface area contributed by atoms with Gasteiger partial charge in [0.2, 0.25) is 5.82 Å². The molecule has 8 heteroatoms. The van der Waals surface area contributed by atoms with Crippen LogP contribution in [0.1, 0.15) is 27.6 Å². The van der Waals surface area contributed by atoms with E-state index in [0.717, 1.165) is 17.0 Å². The summed E-state index contributed by atoms with van der Waals surface area (Å²) in [6.45, 7) is 3.73. The molecule has 0 atom stereocenters. The Morgan fingerprint density at radius 2 is 2.12 bits per heavy atom. The number of rotatable bonds is 4. The number of carbonyl (C=O) groups is 1. The van der Waals surface area contributed by atoms with Crippen LogP contribution < -0.4 is 10.2 Å². The van der Waals surface area contributed by atoms with E-state index in [-0.39, 0.29) is 5.82 Å². The maximum absolute atomic E-state index is 12.1. The summed E-state index contributed by atoms with van der Waals surface area (Å²) < 4.78 is 6.65. The van der Waals surface area contributed by atoms with Crippen LogP contribution in [0.4, 0.5) is 0 Å². The van der Waals surface area contributed by atoms with Gasteiger partial charge in [0.1, 0.15) is 5.75 Å². The van der Waals surface area contributed by atoms with E-state index in [0.29, 0.717) is 11.5 Å². The highest BCUT2D eigenvalue weighted by molar-refractivity contribution is 5.91. The highest BCUT2D eigenvalue weighted by Gasteiger charge is 2.14. The monoisotopic (exact) mass is 324 g/mol. The predicted molar refractivity (Wildman–Crippen MR) is 88.3 cm³/mol. The van der Waals surface area contributed by atoms with Crippen molar-refractivity contribution in [1.82, 2.24) is 25.0 Å². The first-order chi connectivity index (χ1) is 11.6. The van der Waals surface area contributed by atoms with E-state index in [2.05, 4.69) is 25.6 Å². The Labute approximate surface area is 138 Å². The van der Waals surface area contributed by atoms with E-state index in [1.807, 2.05) is 38.1 Å². The number of hydrogen-bond acceptors (Lipinski definition) is 6. The summed E-state index contributed by atoms with van der Waals surface area (Å²) in [5, 5.41) is 8.06. The molecule has 0 radical (unpaired) electrons. The van der Waals surface area contributed by atoms with Crippen molar-refractivity contribution in [3.8, 4) is 5.75 Å². The van der Waals surface area contributed by atoms with Crippen molar-refractivity contribution in [1.29, 1.82) is 0 Å². The van der Waals surface area contributed by atoms with Crippen LogP contribution in [0.15, 0.2) is 35.4 Å². The molecule has 24 heavy (non-hydrogen) atoms. The molecule has 1 aromatic carbocycles. The van der Waals surface area contributed by atoms with Gasteiger partial charge >= 0.3 is 5.91 Å². The van der Waals surface area contributed by atoms with Crippen LogP contribution in [0.25, 0.3) is 5.78 Å². The van der Waals surface area contributed by atoms with Crippen molar-refractivity contribution in [2.24, 2.45) is 5.10 Å². The molecule has 0 bridgehead atoms. The second-order valence-corrected chi connectivity index (χ2v) is 5.16. The van der Waals surface area contributed by atoms with Gasteiger partial charge in [-0.05, 0) is 37.6 Å². The van der Waals surface area contributed by atoms with Gasteiger partial charge in [0.25, 0.3) is 5.78 Å². The third kappa shape index (κ3) is 3.22. The van der Waals surface area contributed by atoms with Crippen molar-refractivity contribution < 1.29 is 9.53 Å². The van der Waals surface area contributed by atoms with E-state index in [1.54, 1.807) is 13.2 Å². The number of amides is 1. The van der Waals surface area contributed by atoms with E-state index in [9.17, 15) is 4.79 Å². The Kier molecular flexibility index (Phi) is 4.19. The van der Waals surface area contributed by atoms with Crippen molar-refractivity contribution in [3.63, 3.8) is 0 Å². The standard InChI is InChI=1S/C16H16N6O2/c1-10-7-11(2)22-16(18-10)19-14(21-22)15(23)20-17-9-12-5-4-6-13(8-12)24-3/h4-9H,1-3H3,(H,20,23). The minimum atomic E-state index is -0.503. The van der Waals surface area contributed by atoms with E-state index >= 15 is 0 Å². The minimum Gasteiger partial charge on any atom is -0.497 e. The first-order valence-electron chi connectivity index (χ1n) is 7.25. The summed E-state index contributed by atoms with van der Waals surface area (Å²) in [5.74, 6) is 0.606. The molecule has 1 N–H and O–H groups in total. The molecule has 0 saturated heterocycles. The molecule has 8 nitrogen and oxygen atoms in total. The molecule has 0 aliphatic rings. The zero-order chi connectivity index (χ0) is 17.1. The number of nitrogens with zero attached hydrogens (tertiary/aromatic N) is 5. The van der Waals surface area contributed by atoms with Crippen LogP contribution in [0.2, 0.25) is 0 Å². The van der Waals surface area contributed by atoms with Crippen LogP contribution >= 0.6 is 0 Å². The van der Waals surface area contributed by atoms with Crippen LogP contribution in [-0.4, -0.2) is 38.8 Å². The Morgan fingerprint density at radius 1 is 1.29 bits per heavy atom. The maximum atomic E-state index is 12.1. The van der Waals surface area contributed by atoms with Gasteiger partial charge in [0.15, 0.2) is 0 Å². The number of ether oxygens (including phenoxy) is 1.